The first-order valence-corrected chi connectivity index (χ1v) is 6.45. The minimum Gasteiger partial charge on any atom is -0.494 e. The summed E-state index contributed by atoms with van der Waals surface area (Å²) in [4.78, 5) is 12.1. The maximum Gasteiger partial charge on any atom is 0.251 e. The summed E-state index contributed by atoms with van der Waals surface area (Å²) in [6.45, 7) is 10.6. The SMILES string of the molecule is CCOc1ccc(C(=O)NC(C)(C)CC)cc1C. The molecule has 3 heteroatoms. The summed E-state index contributed by atoms with van der Waals surface area (Å²) in [6.07, 6.45) is 0.898. The Hall–Kier alpha value is -1.51. The van der Waals surface area contributed by atoms with E-state index in [-0.39, 0.29) is 11.4 Å². The highest BCUT2D eigenvalue weighted by Gasteiger charge is 2.19. The lowest BCUT2D eigenvalue weighted by molar-refractivity contribution is 0.0911. The Morgan fingerprint density at radius 3 is 2.50 bits per heavy atom. The monoisotopic (exact) mass is 249 g/mol. The molecule has 0 radical (unpaired) electrons. The number of aryl methyl sites for hydroxylation is 1. The van der Waals surface area contributed by atoms with Crippen LogP contribution in [0, 0.1) is 6.92 Å². The third kappa shape index (κ3) is 3.76. The van der Waals surface area contributed by atoms with Crippen molar-refractivity contribution in [2.24, 2.45) is 0 Å². The molecule has 0 spiro atoms. The normalized spacial score (nSPS) is 11.2. The van der Waals surface area contributed by atoms with Gasteiger partial charge in [-0.3, -0.25) is 4.79 Å². The molecule has 0 aliphatic carbocycles. The molecule has 1 aromatic carbocycles. The predicted octanol–water partition coefficient (Wildman–Crippen LogP) is 3.31. The van der Waals surface area contributed by atoms with Crippen LogP contribution in [-0.2, 0) is 0 Å². The van der Waals surface area contributed by atoms with E-state index in [1.54, 1.807) is 6.07 Å². The fraction of sp³-hybridized carbons (Fsp3) is 0.533. The lowest BCUT2D eigenvalue weighted by Crippen LogP contribution is -2.42. The van der Waals surface area contributed by atoms with E-state index in [0.29, 0.717) is 12.2 Å². The van der Waals surface area contributed by atoms with E-state index in [4.69, 9.17) is 4.74 Å². The highest BCUT2D eigenvalue weighted by Crippen LogP contribution is 2.19. The Labute approximate surface area is 110 Å². The van der Waals surface area contributed by atoms with Crippen molar-refractivity contribution >= 4 is 5.91 Å². The second-order valence-electron chi connectivity index (χ2n) is 5.10. The molecule has 0 heterocycles. The molecule has 1 amide bonds. The summed E-state index contributed by atoms with van der Waals surface area (Å²) in [5, 5.41) is 3.02. The van der Waals surface area contributed by atoms with Crippen molar-refractivity contribution in [2.75, 3.05) is 6.61 Å². The Morgan fingerprint density at radius 1 is 1.33 bits per heavy atom. The van der Waals surface area contributed by atoms with Gasteiger partial charge < -0.3 is 10.1 Å². The number of carbonyl (C=O) groups is 1. The van der Waals surface area contributed by atoms with Gasteiger partial charge in [-0.05, 0) is 57.9 Å². The second-order valence-corrected chi connectivity index (χ2v) is 5.10. The summed E-state index contributed by atoms with van der Waals surface area (Å²) in [7, 11) is 0. The maximum atomic E-state index is 12.1. The van der Waals surface area contributed by atoms with Crippen molar-refractivity contribution in [2.45, 2.75) is 46.6 Å². The van der Waals surface area contributed by atoms with Crippen LogP contribution in [0.2, 0.25) is 0 Å². The zero-order chi connectivity index (χ0) is 13.8. The lowest BCUT2D eigenvalue weighted by Gasteiger charge is -2.24. The van der Waals surface area contributed by atoms with Crippen molar-refractivity contribution in [3.8, 4) is 5.75 Å². The van der Waals surface area contributed by atoms with Gasteiger partial charge in [0.2, 0.25) is 0 Å². The van der Waals surface area contributed by atoms with Crippen LogP contribution in [0.5, 0.6) is 5.75 Å². The fourth-order valence-corrected chi connectivity index (χ4v) is 1.58. The zero-order valence-corrected chi connectivity index (χ0v) is 12.0. The smallest absolute Gasteiger partial charge is 0.251 e. The number of rotatable bonds is 5. The minimum atomic E-state index is -0.177. The summed E-state index contributed by atoms with van der Waals surface area (Å²) in [5.41, 5.74) is 1.49. The average molecular weight is 249 g/mol. The Bertz CT molecular complexity index is 425. The van der Waals surface area contributed by atoms with Crippen molar-refractivity contribution in [1.82, 2.24) is 5.32 Å². The molecule has 1 aromatic rings. The quantitative estimate of drug-likeness (QED) is 0.869. The van der Waals surface area contributed by atoms with Gasteiger partial charge in [0.25, 0.3) is 5.91 Å². The number of hydrogen-bond donors (Lipinski definition) is 1. The van der Waals surface area contributed by atoms with E-state index in [9.17, 15) is 4.79 Å². The van der Waals surface area contributed by atoms with Crippen LogP contribution in [-0.4, -0.2) is 18.1 Å². The van der Waals surface area contributed by atoms with E-state index < -0.39 is 0 Å². The standard InChI is InChI=1S/C15H23NO2/c1-6-15(4,5)16-14(17)12-8-9-13(18-7-2)11(3)10-12/h8-10H,6-7H2,1-5H3,(H,16,17). The van der Waals surface area contributed by atoms with Gasteiger partial charge in [-0.2, -0.15) is 0 Å². The van der Waals surface area contributed by atoms with E-state index >= 15 is 0 Å². The average Bonchev–Trinajstić information content (AvgIpc) is 2.31. The summed E-state index contributed by atoms with van der Waals surface area (Å²) < 4.78 is 5.46. The molecule has 3 nitrogen and oxygen atoms in total. The molecule has 0 atom stereocenters. The van der Waals surface area contributed by atoms with Gasteiger partial charge in [0.15, 0.2) is 0 Å². The van der Waals surface area contributed by atoms with Gasteiger partial charge in [0, 0.05) is 11.1 Å². The van der Waals surface area contributed by atoms with Gasteiger partial charge in [0.05, 0.1) is 6.61 Å². The van der Waals surface area contributed by atoms with Gasteiger partial charge in [-0.1, -0.05) is 6.92 Å². The molecule has 1 N–H and O–H groups in total. The van der Waals surface area contributed by atoms with Crippen molar-refractivity contribution in [3.63, 3.8) is 0 Å². The molecule has 18 heavy (non-hydrogen) atoms. The zero-order valence-electron chi connectivity index (χ0n) is 12.0. The van der Waals surface area contributed by atoms with Crippen molar-refractivity contribution < 1.29 is 9.53 Å². The van der Waals surface area contributed by atoms with E-state index in [1.807, 2.05) is 39.8 Å². The molecule has 100 valence electrons. The van der Waals surface area contributed by atoms with Gasteiger partial charge >= 0.3 is 0 Å². The van der Waals surface area contributed by atoms with Crippen LogP contribution >= 0.6 is 0 Å². The van der Waals surface area contributed by atoms with Gasteiger partial charge in [0.1, 0.15) is 5.75 Å². The lowest BCUT2D eigenvalue weighted by atomic mass is 10.0. The molecule has 0 unspecified atom stereocenters. The Kier molecular flexibility index (Phi) is 4.76. The largest absolute Gasteiger partial charge is 0.494 e. The van der Waals surface area contributed by atoms with Crippen LogP contribution < -0.4 is 10.1 Å². The number of carbonyl (C=O) groups excluding carboxylic acids is 1. The van der Waals surface area contributed by atoms with Crippen LogP contribution in [0.15, 0.2) is 18.2 Å². The number of hydrogen-bond acceptors (Lipinski definition) is 2. The minimum absolute atomic E-state index is 0.0343. The van der Waals surface area contributed by atoms with Gasteiger partial charge in [-0.15, -0.1) is 0 Å². The van der Waals surface area contributed by atoms with Crippen LogP contribution in [0.4, 0.5) is 0 Å². The number of benzene rings is 1. The topological polar surface area (TPSA) is 38.3 Å². The fourth-order valence-electron chi connectivity index (χ4n) is 1.58. The molecular formula is C15H23NO2. The first kappa shape index (κ1) is 14.6. The third-order valence-corrected chi connectivity index (χ3v) is 3.07. The Morgan fingerprint density at radius 2 is 2.00 bits per heavy atom. The van der Waals surface area contributed by atoms with Crippen molar-refractivity contribution in [3.05, 3.63) is 29.3 Å². The maximum absolute atomic E-state index is 12.1. The number of nitrogens with one attached hydrogen (secondary N) is 1. The Balaban J connectivity index is 2.85. The van der Waals surface area contributed by atoms with E-state index in [2.05, 4.69) is 12.2 Å². The summed E-state index contributed by atoms with van der Waals surface area (Å²) in [5.74, 6) is 0.803. The molecule has 0 aliphatic heterocycles. The molecule has 1 rings (SSSR count). The first-order valence-electron chi connectivity index (χ1n) is 6.45. The predicted molar refractivity (Wildman–Crippen MR) is 74.2 cm³/mol. The molecule has 0 bridgehead atoms. The number of ether oxygens (including phenoxy) is 1. The van der Waals surface area contributed by atoms with Crippen LogP contribution in [0.3, 0.4) is 0 Å². The molecule has 0 saturated heterocycles. The van der Waals surface area contributed by atoms with Gasteiger partial charge in [-0.25, -0.2) is 0 Å². The second kappa shape index (κ2) is 5.89. The molecule has 0 aliphatic rings. The third-order valence-electron chi connectivity index (χ3n) is 3.07. The molecular weight excluding hydrogens is 226 g/mol. The highest BCUT2D eigenvalue weighted by atomic mass is 16.5. The molecule has 0 aromatic heterocycles. The van der Waals surface area contributed by atoms with Crippen LogP contribution in [0.1, 0.15) is 50.0 Å². The number of amides is 1. The van der Waals surface area contributed by atoms with Crippen LogP contribution in [0.25, 0.3) is 0 Å². The summed E-state index contributed by atoms with van der Waals surface area (Å²) in [6, 6.07) is 5.53. The van der Waals surface area contributed by atoms with E-state index in [0.717, 1.165) is 17.7 Å². The highest BCUT2D eigenvalue weighted by molar-refractivity contribution is 5.95. The van der Waals surface area contributed by atoms with Crippen molar-refractivity contribution in [1.29, 1.82) is 0 Å². The van der Waals surface area contributed by atoms with E-state index in [1.165, 1.54) is 0 Å². The first-order chi connectivity index (χ1) is 8.39. The summed E-state index contributed by atoms with van der Waals surface area (Å²) >= 11 is 0. The molecule has 0 saturated carbocycles. The molecule has 0 fully saturated rings.